The van der Waals surface area contributed by atoms with Gasteiger partial charge in [0, 0.05) is 19.6 Å². The minimum Gasteiger partial charge on any atom is -0.457 e. The van der Waals surface area contributed by atoms with Gasteiger partial charge >= 0.3 is 13.8 Å². The molecule has 0 aromatic carbocycles. The van der Waals surface area contributed by atoms with E-state index < -0.39 is 13.9 Å². The quantitative estimate of drug-likeness (QED) is 0.0352. The molecule has 0 saturated heterocycles. The standard InChI is InChI=1S/C57H116NO7P/c1-3-5-7-9-11-13-15-17-19-21-23-25-26-27-28-29-30-31-32-34-36-38-40-42-44-46-48-50-57(59)65-56(55-64-66(60,61)63-53-51-58)54-62-52-49-47-45-43-41-39-37-35-33-24-22-20-18-16-14-12-10-8-6-4-2/h56H,3-55,58H2,1-2H3,(H,60,61)/t56-/m1/s1. The van der Waals surface area contributed by atoms with Crippen LogP contribution in [0.2, 0.25) is 0 Å². The van der Waals surface area contributed by atoms with E-state index >= 15 is 0 Å². The fourth-order valence-electron chi connectivity index (χ4n) is 9.18. The Labute approximate surface area is 411 Å². The monoisotopic (exact) mass is 958 g/mol. The number of carbonyl (C=O) groups is 1. The summed E-state index contributed by atoms with van der Waals surface area (Å²) < 4.78 is 33.7. The van der Waals surface area contributed by atoms with E-state index in [0.29, 0.717) is 13.0 Å². The van der Waals surface area contributed by atoms with Gasteiger partial charge < -0.3 is 20.1 Å². The van der Waals surface area contributed by atoms with E-state index in [9.17, 15) is 14.3 Å². The third kappa shape index (κ3) is 54.4. The lowest BCUT2D eigenvalue weighted by Gasteiger charge is -2.20. The molecule has 0 aromatic heterocycles. The van der Waals surface area contributed by atoms with Crippen molar-refractivity contribution in [2.75, 3.05) is 33.0 Å². The van der Waals surface area contributed by atoms with Crippen LogP contribution in [-0.4, -0.2) is 49.9 Å². The summed E-state index contributed by atoms with van der Waals surface area (Å²) in [5, 5.41) is 0. The SMILES string of the molecule is CCCCCCCCCCCCCCCCCCCCCCCCCCCCCC(=O)O[C@H](COCCCCCCCCCCCCCCCCCCCCCC)COP(=O)(O)OCCN. The second-order valence-corrected chi connectivity index (χ2v) is 21.7. The van der Waals surface area contributed by atoms with Crippen LogP contribution in [0.25, 0.3) is 0 Å². The molecule has 2 atom stereocenters. The Balaban J connectivity index is 3.79. The predicted molar refractivity (Wildman–Crippen MR) is 284 cm³/mol. The van der Waals surface area contributed by atoms with Crippen molar-refractivity contribution in [3.8, 4) is 0 Å². The molecular weight excluding hydrogens is 842 g/mol. The Morgan fingerprint density at radius 2 is 0.667 bits per heavy atom. The van der Waals surface area contributed by atoms with Crippen molar-refractivity contribution in [1.82, 2.24) is 0 Å². The maximum Gasteiger partial charge on any atom is 0.472 e. The third-order valence-electron chi connectivity index (χ3n) is 13.5. The first-order chi connectivity index (χ1) is 32.4. The maximum absolute atomic E-state index is 12.7. The minimum atomic E-state index is -4.28. The molecule has 8 nitrogen and oxygen atoms in total. The Morgan fingerprint density at radius 1 is 0.394 bits per heavy atom. The molecule has 0 aliphatic carbocycles. The molecule has 0 saturated carbocycles. The summed E-state index contributed by atoms with van der Waals surface area (Å²) in [7, 11) is -4.28. The Hall–Kier alpha value is -0.500. The molecule has 9 heteroatoms. The van der Waals surface area contributed by atoms with Gasteiger partial charge in [0.25, 0.3) is 0 Å². The van der Waals surface area contributed by atoms with Gasteiger partial charge in [-0.25, -0.2) is 4.57 Å². The van der Waals surface area contributed by atoms with Crippen LogP contribution in [-0.2, 0) is 27.9 Å². The molecule has 396 valence electrons. The van der Waals surface area contributed by atoms with Crippen molar-refractivity contribution in [2.24, 2.45) is 5.73 Å². The number of hydrogen-bond donors (Lipinski definition) is 2. The van der Waals surface area contributed by atoms with Crippen molar-refractivity contribution in [3.05, 3.63) is 0 Å². The second kappa shape index (κ2) is 55.4. The average Bonchev–Trinajstić information content (AvgIpc) is 3.31. The van der Waals surface area contributed by atoms with Gasteiger partial charge in [-0.1, -0.05) is 303 Å². The van der Waals surface area contributed by atoms with Gasteiger partial charge in [-0.05, 0) is 12.8 Å². The number of unbranched alkanes of at least 4 members (excludes halogenated alkanes) is 45. The molecule has 1 unspecified atom stereocenters. The number of esters is 1. The zero-order chi connectivity index (χ0) is 48.0. The molecule has 0 aliphatic heterocycles. The molecule has 0 aliphatic rings. The van der Waals surface area contributed by atoms with Gasteiger partial charge in [-0.3, -0.25) is 13.8 Å². The lowest BCUT2D eigenvalue weighted by Crippen LogP contribution is -2.28. The van der Waals surface area contributed by atoms with E-state index in [1.807, 2.05) is 0 Å². The predicted octanol–water partition coefficient (Wildman–Crippen LogP) is 18.8. The number of rotatable bonds is 58. The zero-order valence-corrected chi connectivity index (χ0v) is 45.4. The molecule has 0 spiro atoms. The minimum absolute atomic E-state index is 0.0895. The van der Waals surface area contributed by atoms with Crippen molar-refractivity contribution >= 4 is 13.8 Å². The van der Waals surface area contributed by atoms with E-state index in [4.69, 9.17) is 24.3 Å². The summed E-state index contributed by atoms with van der Waals surface area (Å²) in [5.74, 6) is -0.318. The number of phosphoric ester groups is 1. The van der Waals surface area contributed by atoms with E-state index in [2.05, 4.69) is 13.8 Å². The van der Waals surface area contributed by atoms with Crippen LogP contribution < -0.4 is 5.73 Å². The first-order valence-corrected chi connectivity index (χ1v) is 31.0. The topological polar surface area (TPSA) is 117 Å². The Kier molecular flexibility index (Phi) is 55.0. The fourth-order valence-corrected chi connectivity index (χ4v) is 9.95. The van der Waals surface area contributed by atoms with Gasteiger partial charge in [0.15, 0.2) is 0 Å². The summed E-state index contributed by atoms with van der Waals surface area (Å²) in [5.41, 5.74) is 5.40. The second-order valence-electron chi connectivity index (χ2n) is 20.2. The van der Waals surface area contributed by atoms with Crippen LogP contribution in [0.4, 0.5) is 0 Å². The summed E-state index contributed by atoms with van der Waals surface area (Å²) in [4.78, 5) is 22.7. The normalized spacial score (nSPS) is 13.1. The van der Waals surface area contributed by atoms with Crippen LogP contribution in [0.1, 0.15) is 322 Å². The van der Waals surface area contributed by atoms with Gasteiger partial charge in [0.2, 0.25) is 0 Å². The Bertz CT molecular complexity index is 986. The molecule has 0 amide bonds. The lowest BCUT2D eigenvalue weighted by molar-refractivity contribution is -0.154. The molecule has 0 rings (SSSR count). The molecule has 3 N–H and O–H groups in total. The summed E-state index contributed by atoms with van der Waals surface area (Å²) >= 11 is 0. The first kappa shape index (κ1) is 65.5. The van der Waals surface area contributed by atoms with Gasteiger partial charge in [-0.2, -0.15) is 0 Å². The Morgan fingerprint density at radius 3 is 0.955 bits per heavy atom. The lowest BCUT2D eigenvalue weighted by atomic mass is 10.0. The highest BCUT2D eigenvalue weighted by atomic mass is 31.2. The van der Waals surface area contributed by atoms with Crippen LogP contribution in [0.15, 0.2) is 0 Å². The van der Waals surface area contributed by atoms with E-state index in [1.54, 1.807) is 0 Å². The molecule has 0 bridgehead atoms. The summed E-state index contributed by atoms with van der Waals surface area (Å²) in [6.07, 6.45) is 63.1. The van der Waals surface area contributed by atoms with Crippen LogP contribution in [0.5, 0.6) is 0 Å². The number of nitrogens with two attached hydrogens (primary N) is 1. The van der Waals surface area contributed by atoms with Crippen molar-refractivity contribution in [2.45, 2.75) is 328 Å². The van der Waals surface area contributed by atoms with E-state index in [-0.39, 0.29) is 32.3 Å². The summed E-state index contributed by atoms with van der Waals surface area (Å²) in [6, 6.07) is 0. The fraction of sp³-hybridized carbons (Fsp3) is 0.982. The third-order valence-corrected chi connectivity index (χ3v) is 14.5. The highest BCUT2D eigenvalue weighted by molar-refractivity contribution is 7.47. The van der Waals surface area contributed by atoms with Gasteiger partial charge in [0.05, 0.1) is 19.8 Å². The maximum atomic E-state index is 12.7. The number of phosphoric acid groups is 1. The van der Waals surface area contributed by atoms with Crippen LogP contribution >= 0.6 is 7.82 Å². The van der Waals surface area contributed by atoms with Crippen LogP contribution in [0.3, 0.4) is 0 Å². The van der Waals surface area contributed by atoms with Crippen molar-refractivity contribution < 1.29 is 32.8 Å². The van der Waals surface area contributed by atoms with Crippen molar-refractivity contribution in [3.63, 3.8) is 0 Å². The van der Waals surface area contributed by atoms with Gasteiger partial charge in [-0.15, -0.1) is 0 Å². The largest absolute Gasteiger partial charge is 0.472 e. The van der Waals surface area contributed by atoms with E-state index in [0.717, 1.165) is 32.1 Å². The average molecular weight is 959 g/mol. The highest BCUT2D eigenvalue weighted by Gasteiger charge is 2.25. The molecular formula is C57H116NO7P. The summed E-state index contributed by atoms with van der Waals surface area (Å²) in [6.45, 7) is 5.03. The molecule has 0 aromatic rings. The molecule has 0 heterocycles. The molecule has 0 radical (unpaired) electrons. The van der Waals surface area contributed by atoms with Crippen molar-refractivity contribution in [1.29, 1.82) is 0 Å². The first-order valence-electron chi connectivity index (χ1n) is 29.5. The van der Waals surface area contributed by atoms with E-state index in [1.165, 1.54) is 270 Å². The number of hydrogen-bond acceptors (Lipinski definition) is 7. The highest BCUT2D eigenvalue weighted by Crippen LogP contribution is 2.43. The molecule has 66 heavy (non-hydrogen) atoms. The van der Waals surface area contributed by atoms with Gasteiger partial charge in [0.1, 0.15) is 6.10 Å². The zero-order valence-electron chi connectivity index (χ0n) is 44.5. The number of ether oxygens (including phenoxy) is 2. The van der Waals surface area contributed by atoms with Crippen LogP contribution in [0, 0.1) is 0 Å². The number of carbonyl (C=O) groups excluding carboxylic acids is 1. The molecule has 0 fully saturated rings. The smallest absolute Gasteiger partial charge is 0.457 e.